The minimum atomic E-state index is -4.34. The molecule has 26 heavy (non-hydrogen) atoms. The highest BCUT2D eigenvalue weighted by atomic mass is 19.4. The third-order valence-electron chi connectivity index (χ3n) is 4.70. The summed E-state index contributed by atoms with van der Waals surface area (Å²) >= 11 is 0. The molecule has 4 nitrogen and oxygen atoms in total. The number of amides is 1. The highest BCUT2D eigenvalue weighted by Gasteiger charge is 2.30. The van der Waals surface area contributed by atoms with Crippen LogP contribution in [0.25, 0.3) is 0 Å². The van der Waals surface area contributed by atoms with Gasteiger partial charge >= 0.3 is 6.18 Å². The van der Waals surface area contributed by atoms with Gasteiger partial charge in [0.15, 0.2) is 0 Å². The normalized spacial score (nSPS) is 17.3. The van der Waals surface area contributed by atoms with Gasteiger partial charge in [0, 0.05) is 25.6 Å². The van der Waals surface area contributed by atoms with E-state index in [-0.39, 0.29) is 17.9 Å². The van der Waals surface area contributed by atoms with Crippen LogP contribution in [0.5, 0.6) is 0 Å². The van der Waals surface area contributed by atoms with Crippen LogP contribution in [0.3, 0.4) is 0 Å². The maximum Gasteiger partial charge on any atom is 0.416 e. The summed E-state index contributed by atoms with van der Waals surface area (Å²) in [6, 6.07) is 5.03. The number of alkyl halides is 3. The van der Waals surface area contributed by atoms with E-state index in [1.165, 1.54) is 12.1 Å². The fourth-order valence-corrected chi connectivity index (χ4v) is 3.16. The zero-order valence-electron chi connectivity index (χ0n) is 15.1. The molecule has 0 radical (unpaired) electrons. The number of benzene rings is 1. The molecule has 0 bridgehead atoms. The molecule has 1 atom stereocenters. The molecule has 7 heteroatoms. The number of nitrogens with two attached hydrogens (primary N) is 1. The minimum Gasteiger partial charge on any atom is -0.378 e. The zero-order valence-corrected chi connectivity index (χ0v) is 15.1. The average molecular weight is 372 g/mol. The summed E-state index contributed by atoms with van der Waals surface area (Å²) in [5.74, 6) is -0.216. The molecular weight excluding hydrogens is 345 g/mol. The van der Waals surface area contributed by atoms with Crippen molar-refractivity contribution in [3.63, 3.8) is 0 Å². The molecular formula is C19H27F3N2O2. The Morgan fingerprint density at radius 1 is 1.27 bits per heavy atom. The van der Waals surface area contributed by atoms with Gasteiger partial charge in [-0.3, -0.25) is 4.79 Å². The number of carbonyl (C=O) groups excluding carboxylic acids is 1. The number of nitrogens with zero attached hydrogens (tertiary/aromatic N) is 1. The third-order valence-corrected chi connectivity index (χ3v) is 4.70. The Bertz CT molecular complexity index is 567. The number of carbonyl (C=O) groups is 1. The Labute approximate surface area is 152 Å². The number of ether oxygens (including phenoxy) is 1. The summed E-state index contributed by atoms with van der Waals surface area (Å²) in [6.45, 7) is 4.40. The van der Waals surface area contributed by atoms with E-state index in [0.29, 0.717) is 32.7 Å². The van der Waals surface area contributed by atoms with Crippen LogP contribution in [0.1, 0.15) is 37.3 Å². The van der Waals surface area contributed by atoms with Gasteiger partial charge in [-0.05, 0) is 49.9 Å². The van der Waals surface area contributed by atoms with E-state index >= 15 is 0 Å². The largest absolute Gasteiger partial charge is 0.416 e. The topological polar surface area (TPSA) is 55.6 Å². The summed E-state index contributed by atoms with van der Waals surface area (Å²) in [5, 5.41) is 0. The van der Waals surface area contributed by atoms with Crippen LogP contribution in [-0.4, -0.2) is 43.2 Å². The van der Waals surface area contributed by atoms with Crippen LogP contribution in [0.15, 0.2) is 24.3 Å². The monoisotopic (exact) mass is 372 g/mol. The second kappa shape index (κ2) is 9.37. The van der Waals surface area contributed by atoms with Crippen LogP contribution in [0.4, 0.5) is 13.2 Å². The van der Waals surface area contributed by atoms with Crippen molar-refractivity contribution >= 4 is 5.91 Å². The van der Waals surface area contributed by atoms with E-state index < -0.39 is 11.7 Å². The first-order valence-electron chi connectivity index (χ1n) is 9.08. The maximum atomic E-state index is 12.6. The highest BCUT2D eigenvalue weighted by molar-refractivity contribution is 5.78. The van der Waals surface area contributed by atoms with Crippen LogP contribution >= 0.6 is 0 Å². The van der Waals surface area contributed by atoms with E-state index in [9.17, 15) is 18.0 Å². The smallest absolute Gasteiger partial charge is 0.378 e. The Kier molecular flexibility index (Phi) is 7.46. The summed E-state index contributed by atoms with van der Waals surface area (Å²) in [4.78, 5) is 14.4. The molecule has 146 valence electrons. The van der Waals surface area contributed by atoms with Crippen molar-refractivity contribution in [1.29, 1.82) is 0 Å². The fourth-order valence-electron chi connectivity index (χ4n) is 3.16. The van der Waals surface area contributed by atoms with E-state index in [1.807, 2.05) is 11.8 Å². The first kappa shape index (κ1) is 20.7. The van der Waals surface area contributed by atoms with Crippen molar-refractivity contribution in [2.45, 2.75) is 44.9 Å². The number of piperidine rings is 1. The lowest BCUT2D eigenvalue weighted by molar-refractivity contribution is -0.138. The molecule has 0 aliphatic carbocycles. The highest BCUT2D eigenvalue weighted by Crippen LogP contribution is 2.29. The lowest BCUT2D eigenvalue weighted by Crippen LogP contribution is -2.43. The molecule has 1 aromatic carbocycles. The molecule has 1 unspecified atom stereocenters. The van der Waals surface area contributed by atoms with E-state index in [4.69, 9.17) is 10.5 Å². The first-order valence-corrected chi connectivity index (χ1v) is 9.08. The number of rotatable bonds is 7. The fraction of sp³-hybridized carbons (Fsp3) is 0.632. The molecule has 1 saturated heterocycles. The van der Waals surface area contributed by atoms with Crippen LogP contribution < -0.4 is 5.73 Å². The Morgan fingerprint density at radius 3 is 2.42 bits per heavy atom. The molecule has 0 spiro atoms. The SMILES string of the molecule is CC(Cc1ccc(C(F)(F)F)cc1)C(=O)N1CCC(OCCCN)CC1. The maximum absolute atomic E-state index is 12.6. The van der Waals surface area contributed by atoms with Gasteiger partial charge in [0.2, 0.25) is 5.91 Å². The van der Waals surface area contributed by atoms with Crippen molar-refractivity contribution in [2.75, 3.05) is 26.2 Å². The van der Waals surface area contributed by atoms with Gasteiger partial charge in [0.1, 0.15) is 0 Å². The van der Waals surface area contributed by atoms with E-state index in [0.717, 1.165) is 37.0 Å². The second-order valence-corrected chi connectivity index (χ2v) is 6.84. The van der Waals surface area contributed by atoms with Crippen LogP contribution in [0, 0.1) is 5.92 Å². The molecule has 1 aliphatic heterocycles. The van der Waals surface area contributed by atoms with Crippen molar-refractivity contribution in [3.8, 4) is 0 Å². The van der Waals surface area contributed by atoms with Crippen LogP contribution in [-0.2, 0) is 22.1 Å². The molecule has 1 fully saturated rings. The van der Waals surface area contributed by atoms with Gasteiger partial charge in [-0.1, -0.05) is 19.1 Å². The number of likely N-dealkylation sites (tertiary alicyclic amines) is 1. The van der Waals surface area contributed by atoms with Crippen molar-refractivity contribution in [1.82, 2.24) is 4.90 Å². The molecule has 0 saturated carbocycles. The lowest BCUT2D eigenvalue weighted by atomic mass is 9.97. The lowest BCUT2D eigenvalue weighted by Gasteiger charge is -2.33. The summed E-state index contributed by atoms with van der Waals surface area (Å²) in [6.07, 6.45) is -1.27. The van der Waals surface area contributed by atoms with Crippen molar-refractivity contribution < 1.29 is 22.7 Å². The predicted molar refractivity (Wildman–Crippen MR) is 93.5 cm³/mol. The zero-order chi connectivity index (χ0) is 19.2. The molecule has 0 aromatic heterocycles. The number of hydrogen-bond donors (Lipinski definition) is 1. The van der Waals surface area contributed by atoms with Gasteiger partial charge in [-0.2, -0.15) is 13.2 Å². The average Bonchev–Trinajstić information content (AvgIpc) is 2.61. The number of hydrogen-bond acceptors (Lipinski definition) is 3. The molecule has 1 aromatic rings. The van der Waals surface area contributed by atoms with Gasteiger partial charge < -0.3 is 15.4 Å². The predicted octanol–water partition coefficient (Wildman–Crippen LogP) is 3.24. The molecule has 1 heterocycles. The van der Waals surface area contributed by atoms with Crippen molar-refractivity contribution in [3.05, 3.63) is 35.4 Å². The Hall–Kier alpha value is -1.60. The minimum absolute atomic E-state index is 0.0466. The van der Waals surface area contributed by atoms with Gasteiger partial charge in [-0.15, -0.1) is 0 Å². The standard InChI is InChI=1S/C19H27F3N2O2/c1-14(13-15-3-5-16(6-4-15)19(20,21)22)18(25)24-10-7-17(8-11-24)26-12-2-9-23/h3-6,14,17H,2,7-13,23H2,1H3. The quantitative estimate of drug-likeness (QED) is 0.748. The van der Waals surface area contributed by atoms with E-state index in [1.54, 1.807) is 0 Å². The molecule has 2 N–H and O–H groups in total. The van der Waals surface area contributed by atoms with Crippen LogP contribution in [0.2, 0.25) is 0 Å². The summed E-state index contributed by atoms with van der Waals surface area (Å²) < 4.78 is 43.6. The second-order valence-electron chi connectivity index (χ2n) is 6.84. The molecule has 1 amide bonds. The third kappa shape index (κ3) is 5.99. The first-order chi connectivity index (χ1) is 12.3. The molecule has 2 rings (SSSR count). The summed E-state index contributed by atoms with van der Waals surface area (Å²) in [7, 11) is 0. The molecule has 1 aliphatic rings. The Morgan fingerprint density at radius 2 is 1.88 bits per heavy atom. The van der Waals surface area contributed by atoms with E-state index in [2.05, 4.69) is 0 Å². The van der Waals surface area contributed by atoms with Gasteiger partial charge in [-0.25, -0.2) is 0 Å². The Balaban J connectivity index is 1.81. The van der Waals surface area contributed by atoms with Gasteiger partial charge in [0.25, 0.3) is 0 Å². The van der Waals surface area contributed by atoms with Gasteiger partial charge in [0.05, 0.1) is 11.7 Å². The summed E-state index contributed by atoms with van der Waals surface area (Å²) in [5.41, 5.74) is 5.51. The van der Waals surface area contributed by atoms with Crippen molar-refractivity contribution in [2.24, 2.45) is 11.7 Å². The number of halogens is 3.